The van der Waals surface area contributed by atoms with Crippen LogP contribution < -0.4 is 11.3 Å². The maximum absolute atomic E-state index is 13.7. The second-order valence-electron chi connectivity index (χ2n) is 4.99. The zero-order valence-corrected chi connectivity index (χ0v) is 9.92. The van der Waals surface area contributed by atoms with E-state index in [0.717, 1.165) is 25.3 Å². The Morgan fingerprint density at radius 1 is 1.35 bits per heavy atom. The number of halogens is 2. The number of nitrogens with one attached hydrogen (secondary N) is 1. The van der Waals surface area contributed by atoms with Crippen LogP contribution in [0.2, 0.25) is 0 Å². The second-order valence-corrected chi connectivity index (χ2v) is 4.99. The molecule has 1 aliphatic carbocycles. The third-order valence-electron chi connectivity index (χ3n) is 3.68. The lowest BCUT2D eigenvalue weighted by Gasteiger charge is -2.23. The van der Waals surface area contributed by atoms with Gasteiger partial charge in [-0.25, -0.2) is 8.78 Å². The number of hydrogen-bond donors (Lipinski definition) is 2. The van der Waals surface area contributed by atoms with Crippen LogP contribution in [0.1, 0.15) is 37.8 Å². The number of rotatable bonds is 3. The van der Waals surface area contributed by atoms with Crippen LogP contribution in [0.25, 0.3) is 0 Å². The second kappa shape index (κ2) is 5.10. The van der Waals surface area contributed by atoms with Crippen molar-refractivity contribution in [1.82, 2.24) is 5.43 Å². The Morgan fingerprint density at radius 3 is 2.65 bits per heavy atom. The molecule has 0 aliphatic heterocycles. The molecule has 17 heavy (non-hydrogen) atoms. The van der Waals surface area contributed by atoms with Gasteiger partial charge in [0.1, 0.15) is 11.6 Å². The van der Waals surface area contributed by atoms with E-state index in [9.17, 15) is 8.78 Å². The van der Waals surface area contributed by atoms with E-state index in [4.69, 9.17) is 5.84 Å². The van der Waals surface area contributed by atoms with Gasteiger partial charge < -0.3 is 0 Å². The van der Waals surface area contributed by atoms with Crippen molar-refractivity contribution in [3.05, 3.63) is 35.4 Å². The van der Waals surface area contributed by atoms with Crippen molar-refractivity contribution >= 4 is 0 Å². The Morgan fingerprint density at radius 2 is 2.12 bits per heavy atom. The quantitative estimate of drug-likeness (QED) is 0.629. The van der Waals surface area contributed by atoms with Gasteiger partial charge in [-0.15, -0.1) is 0 Å². The van der Waals surface area contributed by atoms with E-state index >= 15 is 0 Å². The SMILES string of the molecule is CC1CCC(C(NN)c2ccc(F)cc2F)C1. The summed E-state index contributed by atoms with van der Waals surface area (Å²) in [6, 6.07) is 3.46. The van der Waals surface area contributed by atoms with E-state index in [1.807, 2.05) is 0 Å². The van der Waals surface area contributed by atoms with Crippen LogP contribution in [-0.2, 0) is 0 Å². The third kappa shape index (κ3) is 2.64. The summed E-state index contributed by atoms with van der Waals surface area (Å²) in [7, 11) is 0. The fraction of sp³-hybridized carbons (Fsp3) is 0.538. The zero-order valence-electron chi connectivity index (χ0n) is 9.92. The number of nitrogens with two attached hydrogens (primary N) is 1. The largest absolute Gasteiger partial charge is 0.271 e. The highest BCUT2D eigenvalue weighted by Gasteiger charge is 2.30. The summed E-state index contributed by atoms with van der Waals surface area (Å²) in [5.41, 5.74) is 3.14. The van der Waals surface area contributed by atoms with Crippen LogP contribution in [0.15, 0.2) is 18.2 Å². The highest BCUT2D eigenvalue weighted by molar-refractivity contribution is 5.23. The molecule has 0 radical (unpaired) electrons. The molecule has 0 saturated heterocycles. The molecule has 1 aliphatic rings. The Hall–Kier alpha value is -1.00. The van der Waals surface area contributed by atoms with Crippen LogP contribution in [0, 0.1) is 23.5 Å². The lowest BCUT2D eigenvalue weighted by Crippen LogP contribution is -2.33. The van der Waals surface area contributed by atoms with E-state index in [-0.39, 0.29) is 6.04 Å². The van der Waals surface area contributed by atoms with Gasteiger partial charge in [-0.2, -0.15) is 0 Å². The van der Waals surface area contributed by atoms with Crippen molar-refractivity contribution in [1.29, 1.82) is 0 Å². The van der Waals surface area contributed by atoms with Crippen LogP contribution >= 0.6 is 0 Å². The van der Waals surface area contributed by atoms with Gasteiger partial charge in [-0.3, -0.25) is 11.3 Å². The number of hydrogen-bond acceptors (Lipinski definition) is 2. The maximum Gasteiger partial charge on any atom is 0.130 e. The van der Waals surface area contributed by atoms with Gasteiger partial charge in [-0.1, -0.05) is 19.4 Å². The average molecular weight is 240 g/mol. The molecule has 3 unspecified atom stereocenters. The molecule has 1 aromatic carbocycles. The van der Waals surface area contributed by atoms with Crippen LogP contribution in [0.3, 0.4) is 0 Å². The van der Waals surface area contributed by atoms with Crippen molar-refractivity contribution in [3.8, 4) is 0 Å². The summed E-state index contributed by atoms with van der Waals surface area (Å²) in [4.78, 5) is 0. The first-order valence-electron chi connectivity index (χ1n) is 6.03. The predicted molar refractivity (Wildman–Crippen MR) is 62.9 cm³/mol. The van der Waals surface area contributed by atoms with E-state index in [1.54, 1.807) is 0 Å². The summed E-state index contributed by atoms with van der Waals surface area (Å²) in [5, 5.41) is 0. The highest BCUT2D eigenvalue weighted by atomic mass is 19.1. The summed E-state index contributed by atoms with van der Waals surface area (Å²) < 4.78 is 26.6. The molecule has 1 saturated carbocycles. The lowest BCUT2D eigenvalue weighted by atomic mass is 9.91. The van der Waals surface area contributed by atoms with Crippen molar-refractivity contribution in [2.24, 2.45) is 17.7 Å². The van der Waals surface area contributed by atoms with Crippen molar-refractivity contribution in [2.75, 3.05) is 0 Å². The minimum Gasteiger partial charge on any atom is -0.271 e. The molecule has 0 heterocycles. The Kier molecular flexibility index (Phi) is 3.74. The molecule has 0 bridgehead atoms. The molecule has 2 nitrogen and oxygen atoms in total. The van der Waals surface area contributed by atoms with Crippen LogP contribution in [0.5, 0.6) is 0 Å². The van der Waals surface area contributed by atoms with Gasteiger partial charge in [0, 0.05) is 11.6 Å². The molecule has 2 rings (SSSR count). The van der Waals surface area contributed by atoms with Gasteiger partial charge in [0.25, 0.3) is 0 Å². The third-order valence-corrected chi connectivity index (χ3v) is 3.68. The Balaban J connectivity index is 2.23. The lowest BCUT2D eigenvalue weighted by molar-refractivity contribution is 0.353. The molecule has 3 N–H and O–H groups in total. The monoisotopic (exact) mass is 240 g/mol. The van der Waals surface area contributed by atoms with E-state index in [1.165, 1.54) is 12.1 Å². The molecule has 0 aromatic heterocycles. The predicted octanol–water partition coefficient (Wildman–Crippen LogP) is 2.91. The van der Waals surface area contributed by atoms with Gasteiger partial charge in [0.2, 0.25) is 0 Å². The van der Waals surface area contributed by atoms with Crippen molar-refractivity contribution in [2.45, 2.75) is 32.2 Å². The topological polar surface area (TPSA) is 38.0 Å². The van der Waals surface area contributed by atoms with Crippen LogP contribution in [0.4, 0.5) is 8.78 Å². The minimum atomic E-state index is -0.554. The maximum atomic E-state index is 13.7. The number of hydrazine groups is 1. The van der Waals surface area contributed by atoms with Crippen molar-refractivity contribution in [3.63, 3.8) is 0 Å². The molecule has 94 valence electrons. The summed E-state index contributed by atoms with van der Waals surface area (Å²) in [5.74, 6) is 5.43. The molecular formula is C13H18F2N2. The van der Waals surface area contributed by atoms with E-state index < -0.39 is 11.6 Å². The minimum absolute atomic E-state index is 0.222. The van der Waals surface area contributed by atoms with Gasteiger partial charge in [0.05, 0.1) is 6.04 Å². The Bertz CT molecular complexity index is 395. The van der Waals surface area contributed by atoms with Crippen LogP contribution in [-0.4, -0.2) is 0 Å². The molecule has 4 heteroatoms. The normalized spacial score (nSPS) is 26.1. The fourth-order valence-corrected chi connectivity index (χ4v) is 2.79. The zero-order chi connectivity index (χ0) is 12.4. The summed E-state index contributed by atoms with van der Waals surface area (Å²) >= 11 is 0. The number of benzene rings is 1. The molecular weight excluding hydrogens is 222 g/mol. The van der Waals surface area contributed by atoms with E-state index in [2.05, 4.69) is 12.3 Å². The smallest absolute Gasteiger partial charge is 0.130 e. The first-order valence-corrected chi connectivity index (χ1v) is 6.03. The van der Waals surface area contributed by atoms with E-state index in [0.29, 0.717) is 17.4 Å². The molecule has 1 fully saturated rings. The summed E-state index contributed by atoms with van der Waals surface area (Å²) in [6.07, 6.45) is 3.21. The van der Waals surface area contributed by atoms with Gasteiger partial charge >= 0.3 is 0 Å². The van der Waals surface area contributed by atoms with Gasteiger partial charge in [0.15, 0.2) is 0 Å². The summed E-state index contributed by atoms with van der Waals surface area (Å²) in [6.45, 7) is 2.19. The average Bonchev–Trinajstić information content (AvgIpc) is 2.69. The van der Waals surface area contributed by atoms with Gasteiger partial charge in [-0.05, 0) is 30.7 Å². The molecule has 3 atom stereocenters. The Labute approximate surface area is 100 Å². The molecule has 0 amide bonds. The first-order chi connectivity index (χ1) is 8.11. The van der Waals surface area contributed by atoms with Crippen molar-refractivity contribution < 1.29 is 8.78 Å². The first kappa shape index (κ1) is 12.5. The fourth-order valence-electron chi connectivity index (χ4n) is 2.79. The highest BCUT2D eigenvalue weighted by Crippen LogP contribution is 2.39. The standard InChI is InChI=1S/C13H18F2N2/c1-8-2-3-9(6-8)13(17-16)11-5-4-10(14)7-12(11)15/h4-5,7-9,13,17H,2-3,6,16H2,1H3. The molecule has 1 aromatic rings. The molecule has 0 spiro atoms.